The smallest absolute Gasteiger partial charge is 0.248 e. The number of nitrogens with zero attached hydrogens (tertiary/aromatic N) is 2. The van der Waals surface area contributed by atoms with E-state index in [-0.39, 0.29) is 16.7 Å². The molecule has 2 aromatic rings. The molecule has 0 radical (unpaired) electrons. The number of anilines is 2. The topological polar surface area (TPSA) is 105 Å². The van der Waals surface area contributed by atoms with E-state index in [2.05, 4.69) is 15.8 Å². The Morgan fingerprint density at radius 1 is 1.06 bits per heavy atom. The minimum absolute atomic E-state index is 0.0638. The van der Waals surface area contributed by atoms with Crippen LogP contribution in [-0.2, 0) is 14.8 Å². The fourth-order valence-corrected chi connectivity index (χ4v) is 6.48. The van der Waals surface area contributed by atoms with E-state index in [0.29, 0.717) is 37.4 Å². The van der Waals surface area contributed by atoms with Gasteiger partial charge in [-0.05, 0) is 69.7 Å². The van der Waals surface area contributed by atoms with Gasteiger partial charge in [0.05, 0.1) is 0 Å². The van der Waals surface area contributed by atoms with Crippen LogP contribution in [0.25, 0.3) is 0 Å². The Morgan fingerprint density at radius 2 is 1.69 bits per heavy atom. The summed E-state index contributed by atoms with van der Waals surface area (Å²) < 4.78 is 32.3. The highest BCUT2D eigenvalue weighted by atomic mass is 32.2. The number of hydrogen-bond acceptors (Lipinski definition) is 6. The average molecular weight is 461 g/mol. The Kier molecular flexibility index (Phi) is 6.85. The lowest BCUT2D eigenvalue weighted by atomic mass is 9.97. The number of amides is 1. The summed E-state index contributed by atoms with van der Waals surface area (Å²) in [6.45, 7) is 4.83. The van der Waals surface area contributed by atoms with Gasteiger partial charge in [-0.2, -0.15) is 4.31 Å². The Bertz CT molecular complexity index is 1010. The number of hydrogen-bond donors (Lipinski definition) is 2. The molecule has 32 heavy (non-hydrogen) atoms. The van der Waals surface area contributed by atoms with Crippen LogP contribution in [0.2, 0.25) is 0 Å². The predicted molar refractivity (Wildman–Crippen MR) is 123 cm³/mol. The molecule has 1 saturated heterocycles. The summed E-state index contributed by atoms with van der Waals surface area (Å²) in [5.74, 6) is 0.780. The van der Waals surface area contributed by atoms with Crippen LogP contribution in [0.5, 0.6) is 0 Å². The number of aryl methyl sites for hydroxylation is 2. The number of aromatic nitrogens is 1. The van der Waals surface area contributed by atoms with Gasteiger partial charge < -0.3 is 15.2 Å². The zero-order valence-corrected chi connectivity index (χ0v) is 19.6. The summed E-state index contributed by atoms with van der Waals surface area (Å²) >= 11 is 0. The average Bonchev–Trinajstić information content (AvgIpc) is 3.43. The lowest BCUT2D eigenvalue weighted by Gasteiger charge is -2.30. The van der Waals surface area contributed by atoms with Crippen LogP contribution < -0.4 is 10.6 Å². The summed E-state index contributed by atoms with van der Waals surface area (Å²) in [6.07, 6.45) is 6.24. The molecule has 174 valence electrons. The molecule has 1 amide bonds. The predicted octanol–water partition coefficient (Wildman–Crippen LogP) is 3.93. The highest BCUT2D eigenvalue weighted by molar-refractivity contribution is 7.89. The van der Waals surface area contributed by atoms with Crippen LogP contribution in [0, 0.1) is 25.7 Å². The standard InChI is InChI=1S/C23H32N4O4S/c1-16-22(17(2)31-26-16)32(29,30)27-13-11-19(12-14-27)23(28)25-21-9-7-20(8-10-21)24-15-18-5-3-4-6-18/h7-10,18-19,24H,3-6,11-15H2,1-2H3,(H,25,28). The second kappa shape index (κ2) is 9.62. The number of carbonyl (C=O) groups is 1. The molecule has 0 unspecified atom stereocenters. The Morgan fingerprint density at radius 3 is 2.28 bits per heavy atom. The van der Waals surface area contributed by atoms with Gasteiger partial charge in [0.15, 0.2) is 5.76 Å². The third kappa shape index (κ3) is 4.99. The van der Waals surface area contributed by atoms with Gasteiger partial charge in [0.25, 0.3) is 0 Å². The zero-order chi connectivity index (χ0) is 22.7. The van der Waals surface area contributed by atoms with Crippen molar-refractivity contribution in [2.45, 2.75) is 57.3 Å². The Labute approximate surface area is 189 Å². The number of benzene rings is 1. The van der Waals surface area contributed by atoms with E-state index in [0.717, 1.165) is 23.8 Å². The summed E-state index contributed by atoms with van der Waals surface area (Å²) in [5.41, 5.74) is 2.18. The first-order valence-corrected chi connectivity index (χ1v) is 12.9. The third-order valence-electron chi connectivity index (χ3n) is 6.61. The molecule has 8 nitrogen and oxygen atoms in total. The maximum atomic E-state index is 12.9. The van der Waals surface area contributed by atoms with Crippen molar-refractivity contribution in [1.82, 2.24) is 9.46 Å². The van der Waals surface area contributed by atoms with Crippen molar-refractivity contribution in [3.05, 3.63) is 35.7 Å². The van der Waals surface area contributed by atoms with Crippen molar-refractivity contribution < 1.29 is 17.7 Å². The van der Waals surface area contributed by atoms with Gasteiger partial charge in [-0.15, -0.1) is 0 Å². The molecule has 1 aromatic heterocycles. The number of nitrogens with one attached hydrogen (secondary N) is 2. The van der Waals surface area contributed by atoms with Crippen molar-refractivity contribution in [2.24, 2.45) is 11.8 Å². The summed E-state index contributed by atoms with van der Waals surface area (Å²) in [6, 6.07) is 7.80. The monoisotopic (exact) mass is 460 g/mol. The van der Waals surface area contributed by atoms with Gasteiger partial charge >= 0.3 is 0 Å². The first kappa shape index (κ1) is 22.8. The normalized spacial score (nSPS) is 18.7. The molecule has 1 aliphatic heterocycles. The molecule has 1 saturated carbocycles. The highest BCUT2D eigenvalue weighted by Gasteiger charge is 2.35. The SMILES string of the molecule is Cc1noc(C)c1S(=O)(=O)N1CCC(C(=O)Nc2ccc(NCC3CCCC3)cc2)CC1. The van der Waals surface area contributed by atoms with E-state index in [1.165, 1.54) is 30.0 Å². The molecule has 2 fully saturated rings. The van der Waals surface area contributed by atoms with E-state index in [4.69, 9.17) is 4.52 Å². The summed E-state index contributed by atoms with van der Waals surface area (Å²) in [7, 11) is -3.67. The molecule has 4 rings (SSSR count). The minimum atomic E-state index is -3.67. The zero-order valence-electron chi connectivity index (χ0n) is 18.8. The van der Waals surface area contributed by atoms with Crippen molar-refractivity contribution in [2.75, 3.05) is 30.3 Å². The molecule has 0 spiro atoms. The molecule has 0 atom stereocenters. The quantitative estimate of drug-likeness (QED) is 0.649. The third-order valence-corrected chi connectivity index (χ3v) is 8.76. The van der Waals surface area contributed by atoms with E-state index in [1.54, 1.807) is 13.8 Å². The molecular weight excluding hydrogens is 428 g/mol. The van der Waals surface area contributed by atoms with Crippen LogP contribution in [0.1, 0.15) is 50.0 Å². The Hall–Kier alpha value is -2.39. The molecule has 1 aromatic carbocycles. The fourth-order valence-electron chi connectivity index (χ4n) is 4.72. The second-order valence-electron chi connectivity index (χ2n) is 8.93. The van der Waals surface area contributed by atoms with E-state index in [1.807, 2.05) is 24.3 Å². The molecule has 2 aliphatic rings. The first-order valence-electron chi connectivity index (χ1n) is 11.4. The van der Waals surface area contributed by atoms with Gasteiger partial charge in [-0.3, -0.25) is 4.79 Å². The Balaban J connectivity index is 1.28. The molecular formula is C23H32N4O4S. The second-order valence-corrected chi connectivity index (χ2v) is 10.8. The lowest BCUT2D eigenvalue weighted by molar-refractivity contribution is -0.120. The molecule has 0 bridgehead atoms. The summed E-state index contributed by atoms with van der Waals surface area (Å²) in [4.78, 5) is 12.9. The van der Waals surface area contributed by atoms with Crippen LogP contribution in [0.15, 0.2) is 33.7 Å². The van der Waals surface area contributed by atoms with Crippen LogP contribution in [0.4, 0.5) is 11.4 Å². The fraction of sp³-hybridized carbons (Fsp3) is 0.565. The molecule has 2 N–H and O–H groups in total. The van der Waals surface area contributed by atoms with Crippen LogP contribution in [0.3, 0.4) is 0 Å². The first-order chi connectivity index (χ1) is 15.3. The number of sulfonamides is 1. The van der Waals surface area contributed by atoms with Gasteiger partial charge in [0.1, 0.15) is 10.6 Å². The van der Waals surface area contributed by atoms with E-state index >= 15 is 0 Å². The van der Waals surface area contributed by atoms with E-state index in [9.17, 15) is 13.2 Å². The van der Waals surface area contributed by atoms with E-state index < -0.39 is 10.0 Å². The number of rotatable bonds is 7. The van der Waals surface area contributed by atoms with Crippen LogP contribution in [-0.4, -0.2) is 43.4 Å². The highest BCUT2D eigenvalue weighted by Crippen LogP contribution is 2.29. The number of piperidine rings is 1. The van der Waals surface area contributed by atoms with Gasteiger partial charge in [0.2, 0.25) is 15.9 Å². The van der Waals surface area contributed by atoms with Gasteiger partial charge in [-0.1, -0.05) is 18.0 Å². The largest absolute Gasteiger partial charge is 0.385 e. The molecule has 2 heterocycles. The summed E-state index contributed by atoms with van der Waals surface area (Å²) in [5, 5.41) is 10.2. The lowest BCUT2D eigenvalue weighted by Crippen LogP contribution is -2.41. The van der Waals surface area contributed by atoms with Crippen molar-refractivity contribution in [3.8, 4) is 0 Å². The van der Waals surface area contributed by atoms with Crippen molar-refractivity contribution in [3.63, 3.8) is 0 Å². The van der Waals surface area contributed by atoms with Crippen molar-refractivity contribution in [1.29, 1.82) is 0 Å². The maximum absolute atomic E-state index is 12.9. The van der Waals surface area contributed by atoms with Gasteiger partial charge in [-0.25, -0.2) is 8.42 Å². The maximum Gasteiger partial charge on any atom is 0.248 e. The van der Waals surface area contributed by atoms with Crippen LogP contribution >= 0.6 is 0 Å². The minimum Gasteiger partial charge on any atom is -0.385 e. The van der Waals surface area contributed by atoms with Gasteiger partial charge in [0, 0.05) is 36.9 Å². The molecule has 1 aliphatic carbocycles. The molecule has 9 heteroatoms. The number of carbonyl (C=O) groups excluding carboxylic acids is 1. The van der Waals surface area contributed by atoms with Crippen molar-refractivity contribution >= 4 is 27.3 Å².